The maximum atomic E-state index is 13.3. The Morgan fingerprint density at radius 1 is 1.19 bits per heavy atom. The van der Waals surface area contributed by atoms with Crippen LogP contribution < -0.4 is 14.8 Å². The van der Waals surface area contributed by atoms with Gasteiger partial charge in [0.1, 0.15) is 5.54 Å². The number of imide groups is 1. The Balaban J connectivity index is 1.71. The van der Waals surface area contributed by atoms with E-state index in [1.165, 1.54) is 12.0 Å². The lowest BCUT2D eigenvalue weighted by atomic mass is 9.78. The number of para-hydroxylation sites is 1. The Morgan fingerprint density at radius 2 is 1.87 bits per heavy atom. The number of nitrogens with one attached hydrogen (secondary N) is 1. The summed E-state index contributed by atoms with van der Waals surface area (Å²) in [6.45, 7) is 7.19. The van der Waals surface area contributed by atoms with Crippen LogP contribution >= 0.6 is 0 Å². The fourth-order valence-electron chi connectivity index (χ4n) is 4.57. The van der Waals surface area contributed by atoms with E-state index in [0.717, 1.165) is 0 Å². The van der Waals surface area contributed by atoms with E-state index >= 15 is 0 Å². The summed E-state index contributed by atoms with van der Waals surface area (Å²) < 4.78 is 10.8. The number of piperidine rings is 1. The first-order chi connectivity index (χ1) is 14.7. The molecule has 2 saturated heterocycles. The van der Waals surface area contributed by atoms with E-state index < -0.39 is 11.6 Å². The van der Waals surface area contributed by atoms with Gasteiger partial charge in [-0.05, 0) is 37.7 Å². The third-order valence-corrected chi connectivity index (χ3v) is 6.36. The molecule has 0 unspecified atom stereocenters. The molecule has 1 atom stereocenters. The summed E-state index contributed by atoms with van der Waals surface area (Å²) in [7, 11) is 3.08. The van der Waals surface area contributed by atoms with Crippen molar-refractivity contribution in [3.63, 3.8) is 0 Å². The molecule has 1 aromatic rings. The molecule has 0 aromatic heterocycles. The number of ether oxygens (including phenoxy) is 2. The zero-order valence-electron chi connectivity index (χ0n) is 19.1. The van der Waals surface area contributed by atoms with E-state index in [-0.39, 0.29) is 24.3 Å². The monoisotopic (exact) mass is 431 g/mol. The zero-order valence-corrected chi connectivity index (χ0v) is 19.1. The van der Waals surface area contributed by atoms with E-state index in [2.05, 4.69) is 5.32 Å². The Morgan fingerprint density at radius 3 is 2.45 bits per heavy atom. The number of hydrogen-bond donors (Lipinski definition) is 1. The molecule has 8 nitrogen and oxygen atoms in total. The van der Waals surface area contributed by atoms with Gasteiger partial charge in [-0.3, -0.25) is 14.5 Å². The van der Waals surface area contributed by atoms with Crippen LogP contribution in [0, 0.1) is 11.8 Å². The molecule has 4 amide bonds. The number of carbonyl (C=O) groups excluding carboxylic acids is 3. The molecule has 1 aromatic carbocycles. The molecule has 2 aliphatic heterocycles. The summed E-state index contributed by atoms with van der Waals surface area (Å²) in [6, 6.07) is 4.98. The molecule has 0 radical (unpaired) electrons. The van der Waals surface area contributed by atoms with Gasteiger partial charge >= 0.3 is 6.03 Å². The summed E-state index contributed by atoms with van der Waals surface area (Å²) in [6.07, 6.45) is 1.90. The third kappa shape index (κ3) is 4.48. The van der Waals surface area contributed by atoms with E-state index in [0.29, 0.717) is 55.3 Å². The van der Waals surface area contributed by atoms with Crippen molar-refractivity contribution in [2.24, 2.45) is 11.8 Å². The van der Waals surface area contributed by atoms with Crippen molar-refractivity contribution in [2.75, 3.05) is 27.3 Å². The minimum absolute atomic E-state index is 0.0238. The van der Waals surface area contributed by atoms with E-state index in [4.69, 9.17) is 9.47 Å². The maximum absolute atomic E-state index is 13.3. The van der Waals surface area contributed by atoms with Gasteiger partial charge in [0.05, 0.1) is 20.8 Å². The third-order valence-electron chi connectivity index (χ3n) is 6.36. The summed E-state index contributed by atoms with van der Waals surface area (Å²) in [5.41, 5.74) is -0.278. The smallest absolute Gasteiger partial charge is 0.325 e. The van der Waals surface area contributed by atoms with Crippen LogP contribution in [0.2, 0.25) is 0 Å². The molecule has 2 heterocycles. The average Bonchev–Trinajstić information content (AvgIpc) is 2.97. The van der Waals surface area contributed by atoms with Gasteiger partial charge < -0.3 is 19.7 Å². The lowest BCUT2D eigenvalue weighted by Crippen LogP contribution is -2.54. The Hall–Kier alpha value is -2.77. The Bertz CT molecular complexity index is 848. The van der Waals surface area contributed by atoms with Crippen molar-refractivity contribution in [1.82, 2.24) is 15.1 Å². The standard InChI is InChI=1S/C23H33N3O5/c1-15(2)13-19(27)25-11-9-17(10-12-25)23(3)21(28)26(22(29)24-23)14-16-7-6-8-18(30-4)20(16)31-5/h6-8,15,17H,9-14H2,1-5H3,(H,24,29)/t23-/m0/s1. The SMILES string of the molecule is COc1cccc(CN2C(=O)N[C@@](C)(C3CCN(C(=O)CC(C)C)CC3)C2=O)c1OC. The van der Waals surface area contributed by atoms with Crippen LogP contribution in [0.5, 0.6) is 11.5 Å². The maximum Gasteiger partial charge on any atom is 0.325 e. The van der Waals surface area contributed by atoms with Crippen LogP contribution in [-0.4, -0.2) is 60.5 Å². The molecule has 0 bridgehead atoms. The fraction of sp³-hybridized carbons (Fsp3) is 0.609. The highest BCUT2D eigenvalue weighted by molar-refractivity contribution is 6.07. The predicted molar refractivity (Wildman–Crippen MR) is 116 cm³/mol. The number of carbonyl (C=O) groups is 3. The van der Waals surface area contributed by atoms with Gasteiger partial charge in [0.25, 0.3) is 5.91 Å². The van der Waals surface area contributed by atoms with Crippen molar-refractivity contribution in [2.45, 2.75) is 52.1 Å². The zero-order chi connectivity index (χ0) is 22.8. The topological polar surface area (TPSA) is 88.2 Å². The summed E-state index contributed by atoms with van der Waals surface area (Å²) in [5.74, 6) is 1.27. The largest absolute Gasteiger partial charge is 0.493 e. The normalized spacial score (nSPS) is 22.1. The van der Waals surface area contributed by atoms with E-state index in [1.807, 2.05) is 24.8 Å². The van der Waals surface area contributed by atoms with Crippen LogP contribution in [0.1, 0.15) is 45.6 Å². The van der Waals surface area contributed by atoms with E-state index in [1.54, 1.807) is 26.2 Å². The van der Waals surface area contributed by atoms with Crippen LogP contribution in [0.4, 0.5) is 4.79 Å². The van der Waals surface area contributed by atoms with Crippen LogP contribution in [0.15, 0.2) is 18.2 Å². The number of rotatable bonds is 7. The minimum atomic E-state index is -0.976. The molecule has 8 heteroatoms. The predicted octanol–water partition coefficient (Wildman–Crippen LogP) is 2.80. The van der Waals surface area contributed by atoms with Crippen molar-refractivity contribution in [3.05, 3.63) is 23.8 Å². The molecule has 2 fully saturated rings. The number of nitrogens with zero attached hydrogens (tertiary/aromatic N) is 2. The first kappa shape index (κ1) is 22.9. The second-order valence-electron chi connectivity index (χ2n) is 8.93. The summed E-state index contributed by atoms with van der Waals surface area (Å²) in [4.78, 5) is 41.6. The van der Waals surface area contributed by atoms with Crippen molar-refractivity contribution >= 4 is 17.8 Å². The van der Waals surface area contributed by atoms with Crippen LogP contribution in [0.3, 0.4) is 0 Å². The van der Waals surface area contributed by atoms with E-state index in [9.17, 15) is 14.4 Å². The molecule has 31 heavy (non-hydrogen) atoms. The number of benzene rings is 1. The number of likely N-dealkylation sites (tertiary alicyclic amines) is 1. The van der Waals surface area contributed by atoms with Crippen molar-refractivity contribution < 1.29 is 23.9 Å². The quantitative estimate of drug-likeness (QED) is 0.671. The van der Waals surface area contributed by atoms with Crippen LogP contribution in [-0.2, 0) is 16.1 Å². The van der Waals surface area contributed by atoms with Gasteiger partial charge in [0.15, 0.2) is 11.5 Å². The molecule has 1 N–H and O–H groups in total. The lowest BCUT2D eigenvalue weighted by molar-refractivity contribution is -0.136. The Labute approximate surface area is 183 Å². The van der Waals surface area contributed by atoms with Crippen molar-refractivity contribution in [3.8, 4) is 11.5 Å². The van der Waals surface area contributed by atoms with Gasteiger partial charge in [-0.1, -0.05) is 26.0 Å². The second kappa shape index (κ2) is 9.16. The number of urea groups is 1. The summed E-state index contributed by atoms with van der Waals surface area (Å²) >= 11 is 0. The molecule has 0 saturated carbocycles. The van der Waals surface area contributed by atoms with Gasteiger partial charge in [-0.15, -0.1) is 0 Å². The minimum Gasteiger partial charge on any atom is -0.493 e. The van der Waals surface area contributed by atoms with Gasteiger partial charge in [0.2, 0.25) is 5.91 Å². The first-order valence-corrected chi connectivity index (χ1v) is 10.8. The number of methoxy groups -OCH3 is 2. The molecule has 0 spiro atoms. The van der Waals surface area contributed by atoms with Crippen molar-refractivity contribution in [1.29, 1.82) is 0 Å². The Kier molecular flexibility index (Phi) is 6.77. The molecule has 2 aliphatic rings. The van der Waals surface area contributed by atoms with Gasteiger partial charge in [0, 0.05) is 25.1 Å². The molecule has 170 valence electrons. The highest BCUT2D eigenvalue weighted by Crippen LogP contribution is 2.36. The number of amides is 4. The van der Waals surface area contributed by atoms with Gasteiger partial charge in [-0.2, -0.15) is 0 Å². The summed E-state index contributed by atoms with van der Waals surface area (Å²) in [5, 5.41) is 2.92. The second-order valence-corrected chi connectivity index (χ2v) is 8.93. The molecular weight excluding hydrogens is 398 g/mol. The average molecular weight is 432 g/mol. The molecule has 3 rings (SSSR count). The molecule has 0 aliphatic carbocycles. The van der Waals surface area contributed by atoms with Gasteiger partial charge in [-0.25, -0.2) is 4.79 Å². The lowest BCUT2D eigenvalue weighted by Gasteiger charge is -2.39. The van der Waals surface area contributed by atoms with Crippen LogP contribution in [0.25, 0.3) is 0 Å². The molecular formula is C23H33N3O5. The highest BCUT2D eigenvalue weighted by atomic mass is 16.5. The highest BCUT2D eigenvalue weighted by Gasteiger charge is 2.53. The fourth-order valence-corrected chi connectivity index (χ4v) is 4.57. The number of hydrogen-bond acceptors (Lipinski definition) is 5. The first-order valence-electron chi connectivity index (χ1n) is 10.8.